The molecule has 12 heavy (non-hydrogen) atoms. The van der Waals surface area contributed by atoms with Crippen LogP contribution in [0.3, 0.4) is 0 Å². The molecule has 1 aromatic heterocycles. The molecule has 0 amide bonds. The highest BCUT2D eigenvalue weighted by Crippen LogP contribution is 2.39. The van der Waals surface area contributed by atoms with E-state index in [4.69, 9.17) is 0 Å². The smallest absolute Gasteiger partial charge is 0.168 e. The lowest BCUT2D eigenvalue weighted by Crippen LogP contribution is -2.01. The summed E-state index contributed by atoms with van der Waals surface area (Å²) in [6.07, 6.45) is 3.35. The Morgan fingerprint density at radius 3 is 2.92 bits per heavy atom. The van der Waals surface area contributed by atoms with Crippen molar-refractivity contribution in [2.24, 2.45) is 0 Å². The zero-order valence-electron chi connectivity index (χ0n) is 7.16. The predicted molar refractivity (Wildman–Crippen MR) is 45.3 cm³/mol. The monoisotopic (exact) mass is 164 g/mol. The lowest BCUT2D eigenvalue weighted by atomic mass is 10.3. The number of hydrogen-bond donors (Lipinski definition) is 0. The predicted octanol–water partition coefficient (Wildman–Crippen LogP) is 1.59. The molecule has 3 nitrogen and oxygen atoms in total. The fraction of sp³-hybridized carbons (Fsp3) is 0.556. The Kier molecular flexibility index (Phi) is 1.71. The van der Waals surface area contributed by atoms with Crippen LogP contribution in [-0.2, 0) is 6.54 Å². The van der Waals surface area contributed by atoms with Gasteiger partial charge in [-0.1, -0.05) is 0 Å². The van der Waals surface area contributed by atoms with Gasteiger partial charge in [-0.15, -0.1) is 0 Å². The molecule has 0 aliphatic heterocycles. The number of nitrogens with zero attached hydrogens (tertiary/aromatic N) is 2. The number of hydrogen-bond acceptors (Lipinski definition) is 2. The van der Waals surface area contributed by atoms with Crippen LogP contribution in [0.4, 0.5) is 0 Å². The number of carbonyl (C=O) groups excluding carboxylic acids is 1. The molecule has 0 aromatic carbocycles. The van der Waals surface area contributed by atoms with Gasteiger partial charge in [-0.05, 0) is 25.8 Å². The summed E-state index contributed by atoms with van der Waals surface area (Å²) < 4.78 is 1.76. The van der Waals surface area contributed by atoms with Crippen LogP contribution in [0.2, 0.25) is 0 Å². The van der Waals surface area contributed by atoms with E-state index < -0.39 is 0 Å². The summed E-state index contributed by atoms with van der Waals surface area (Å²) in [4.78, 5) is 10.6. The number of aryl methyl sites for hydroxylation is 1. The normalized spacial score (nSPS) is 16.4. The molecule has 64 valence electrons. The summed E-state index contributed by atoms with van der Waals surface area (Å²) >= 11 is 0. The molecule has 1 aliphatic rings. The van der Waals surface area contributed by atoms with E-state index in [0.717, 1.165) is 18.5 Å². The third-order valence-electron chi connectivity index (χ3n) is 2.25. The minimum atomic E-state index is 0.636. The third kappa shape index (κ3) is 1.15. The van der Waals surface area contributed by atoms with Gasteiger partial charge in [0.2, 0.25) is 0 Å². The SMILES string of the molecule is CCn1nc(C2CC2)cc1C=O. The summed E-state index contributed by atoms with van der Waals surface area (Å²) in [7, 11) is 0. The number of carbonyl (C=O) groups is 1. The highest BCUT2D eigenvalue weighted by atomic mass is 16.1. The zero-order chi connectivity index (χ0) is 8.55. The van der Waals surface area contributed by atoms with Crippen molar-refractivity contribution in [3.8, 4) is 0 Å². The second kappa shape index (κ2) is 2.73. The van der Waals surface area contributed by atoms with Crippen molar-refractivity contribution in [3.63, 3.8) is 0 Å². The van der Waals surface area contributed by atoms with E-state index in [1.165, 1.54) is 12.8 Å². The number of rotatable bonds is 3. The van der Waals surface area contributed by atoms with Crippen LogP contribution in [0.15, 0.2) is 6.07 Å². The molecule has 1 heterocycles. The molecule has 0 unspecified atom stereocenters. The van der Waals surface area contributed by atoms with Gasteiger partial charge in [-0.3, -0.25) is 9.48 Å². The van der Waals surface area contributed by atoms with Gasteiger partial charge in [0, 0.05) is 12.5 Å². The van der Waals surface area contributed by atoms with Crippen LogP contribution in [0, 0.1) is 0 Å². The van der Waals surface area contributed by atoms with Crippen LogP contribution < -0.4 is 0 Å². The average Bonchev–Trinajstić information content (AvgIpc) is 2.85. The average molecular weight is 164 g/mol. The van der Waals surface area contributed by atoms with Gasteiger partial charge in [0.05, 0.1) is 5.69 Å². The topological polar surface area (TPSA) is 34.9 Å². The molecule has 0 N–H and O–H groups in total. The summed E-state index contributed by atoms with van der Waals surface area (Å²) in [5.74, 6) is 0.636. The van der Waals surface area contributed by atoms with Gasteiger partial charge in [-0.25, -0.2) is 0 Å². The molecule has 0 atom stereocenters. The molecule has 0 spiro atoms. The Hall–Kier alpha value is -1.12. The van der Waals surface area contributed by atoms with E-state index in [2.05, 4.69) is 5.10 Å². The van der Waals surface area contributed by atoms with Gasteiger partial charge in [0.25, 0.3) is 0 Å². The highest BCUT2D eigenvalue weighted by molar-refractivity contribution is 5.72. The molecule has 1 aromatic rings. The van der Waals surface area contributed by atoms with E-state index in [1.807, 2.05) is 13.0 Å². The van der Waals surface area contributed by atoms with E-state index >= 15 is 0 Å². The van der Waals surface area contributed by atoms with Crippen molar-refractivity contribution in [1.29, 1.82) is 0 Å². The molecule has 3 heteroatoms. The third-order valence-corrected chi connectivity index (χ3v) is 2.25. The summed E-state index contributed by atoms with van der Waals surface area (Å²) in [5.41, 5.74) is 1.80. The first-order valence-electron chi connectivity index (χ1n) is 4.38. The molecular formula is C9H12N2O. The second-order valence-electron chi connectivity index (χ2n) is 3.20. The van der Waals surface area contributed by atoms with Crippen LogP contribution in [0.25, 0.3) is 0 Å². The maximum absolute atomic E-state index is 10.6. The van der Waals surface area contributed by atoms with Gasteiger partial charge in [-0.2, -0.15) is 5.10 Å². The Morgan fingerprint density at radius 2 is 2.50 bits per heavy atom. The van der Waals surface area contributed by atoms with E-state index in [1.54, 1.807) is 4.68 Å². The van der Waals surface area contributed by atoms with E-state index in [-0.39, 0.29) is 0 Å². The first-order valence-corrected chi connectivity index (χ1v) is 4.38. The maximum atomic E-state index is 10.6. The molecular weight excluding hydrogens is 152 g/mol. The van der Waals surface area contributed by atoms with Crippen LogP contribution in [0.5, 0.6) is 0 Å². The summed E-state index contributed by atoms with van der Waals surface area (Å²) in [6.45, 7) is 2.78. The van der Waals surface area contributed by atoms with Crippen LogP contribution in [0.1, 0.15) is 41.9 Å². The fourth-order valence-corrected chi connectivity index (χ4v) is 1.38. The van der Waals surface area contributed by atoms with E-state index in [9.17, 15) is 4.79 Å². The largest absolute Gasteiger partial charge is 0.296 e. The van der Waals surface area contributed by atoms with Crippen molar-refractivity contribution in [1.82, 2.24) is 9.78 Å². The van der Waals surface area contributed by atoms with Gasteiger partial charge >= 0.3 is 0 Å². The number of aromatic nitrogens is 2. The first kappa shape index (κ1) is 7.53. The van der Waals surface area contributed by atoms with Crippen molar-refractivity contribution in [2.45, 2.75) is 32.2 Å². The molecule has 1 fully saturated rings. The standard InChI is InChI=1S/C9H12N2O/c1-2-11-8(6-12)5-9(10-11)7-3-4-7/h5-7H,2-4H2,1H3. The Balaban J connectivity index is 2.33. The van der Waals surface area contributed by atoms with Gasteiger partial charge in [0.1, 0.15) is 5.69 Å². The van der Waals surface area contributed by atoms with Crippen molar-refractivity contribution in [3.05, 3.63) is 17.5 Å². The Labute approximate surface area is 71.4 Å². The minimum Gasteiger partial charge on any atom is -0.296 e. The zero-order valence-corrected chi connectivity index (χ0v) is 7.16. The molecule has 1 aliphatic carbocycles. The van der Waals surface area contributed by atoms with E-state index in [0.29, 0.717) is 11.6 Å². The molecule has 0 radical (unpaired) electrons. The van der Waals surface area contributed by atoms with Gasteiger partial charge < -0.3 is 0 Å². The quantitative estimate of drug-likeness (QED) is 0.636. The molecule has 0 bridgehead atoms. The lowest BCUT2D eigenvalue weighted by molar-refractivity contribution is 0.111. The van der Waals surface area contributed by atoms with Crippen LogP contribution >= 0.6 is 0 Å². The summed E-state index contributed by atoms with van der Waals surface area (Å²) in [6, 6.07) is 1.91. The molecule has 2 rings (SSSR count). The van der Waals surface area contributed by atoms with Crippen LogP contribution in [-0.4, -0.2) is 16.1 Å². The van der Waals surface area contributed by atoms with Crippen molar-refractivity contribution in [2.75, 3.05) is 0 Å². The Morgan fingerprint density at radius 1 is 1.75 bits per heavy atom. The second-order valence-corrected chi connectivity index (χ2v) is 3.20. The van der Waals surface area contributed by atoms with Crippen molar-refractivity contribution >= 4 is 6.29 Å². The maximum Gasteiger partial charge on any atom is 0.168 e. The molecule has 1 saturated carbocycles. The summed E-state index contributed by atoms with van der Waals surface area (Å²) in [5, 5.41) is 4.35. The van der Waals surface area contributed by atoms with Gasteiger partial charge in [0.15, 0.2) is 6.29 Å². The lowest BCUT2D eigenvalue weighted by Gasteiger charge is -1.95. The Bertz CT molecular complexity index is 299. The first-order chi connectivity index (χ1) is 5.85. The highest BCUT2D eigenvalue weighted by Gasteiger charge is 2.26. The van der Waals surface area contributed by atoms with Crippen molar-refractivity contribution < 1.29 is 4.79 Å². The minimum absolute atomic E-state index is 0.636. The number of aldehydes is 1. The molecule has 0 saturated heterocycles. The fourth-order valence-electron chi connectivity index (χ4n) is 1.38.